The fourth-order valence-corrected chi connectivity index (χ4v) is 7.32. The van der Waals surface area contributed by atoms with Gasteiger partial charge in [0.15, 0.2) is 0 Å². The molecular formula is C30H34N4O2. The first-order valence-corrected chi connectivity index (χ1v) is 13.3. The maximum absolute atomic E-state index is 13.1. The van der Waals surface area contributed by atoms with E-state index in [1.807, 2.05) is 35.1 Å². The van der Waals surface area contributed by atoms with Crippen LogP contribution in [0.1, 0.15) is 49.7 Å². The summed E-state index contributed by atoms with van der Waals surface area (Å²) in [7, 11) is 0. The van der Waals surface area contributed by atoms with Crippen LogP contribution in [0, 0.1) is 23.2 Å². The van der Waals surface area contributed by atoms with Gasteiger partial charge < -0.3 is 10.6 Å². The molecular weight excluding hydrogens is 448 g/mol. The Morgan fingerprint density at radius 1 is 0.889 bits per heavy atom. The van der Waals surface area contributed by atoms with Gasteiger partial charge in [0, 0.05) is 24.4 Å². The van der Waals surface area contributed by atoms with Gasteiger partial charge in [-0.25, -0.2) is 0 Å². The fraction of sp³-hybridized carbons (Fsp3) is 0.433. The quantitative estimate of drug-likeness (QED) is 0.495. The summed E-state index contributed by atoms with van der Waals surface area (Å²) in [5, 5.41) is 10.3. The molecule has 2 N–H and O–H groups in total. The summed E-state index contributed by atoms with van der Waals surface area (Å²) < 4.78 is 1.90. The van der Waals surface area contributed by atoms with Gasteiger partial charge in [0.2, 0.25) is 11.8 Å². The Morgan fingerprint density at radius 2 is 1.58 bits per heavy atom. The molecule has 7 rings (SSSR count). The zero-order chi connectivity index (χ0) is 24.5. The van der Waals surface area contributed by atoms with Crippen molar-refractivity contribution < 1.29 is 9.59 Å². The number of nitrogens with one attached hydrogen (secondary N) is 2. The third kappa shape index (κ3) is 4.69. The number of aromatic nitrogens is 2. The van der Waals surface area contributed by atoms with E-state index in [9.17, 15) is 9.59 Å². The number of amides is 2. The van der Waals surface area contributed by atoms with E-state index in [0.29, 0.717) is 24.3 Å². The first-order chi connectivity index (χ1) is 17.6. The molecule has 0 radical (unpaired) electrons. The lowest BCUT2D eigenvalue weighted by atomic mass is 9.49. The lowest BCUT2D eigenvalue weighted by Gasteiger charge is -2.55. The molecule has 4 bridgehead atoms. The second-order valence-electron chi connectivity index (χ2n) is 11.2. The molecule has 4 aliphatic rings. The van der Waals surface area contributed by atoms with Crippen molar-refractivity contribution in [2.45, 2.75) is 51.6 Å². The molecule has 36 heavy (non-hydrogen) atoms. The Morgan fingerprint density at radius 3 is 2.25 bits per heavy atom. The topological polar surface area (TPSA) is 76.0 Å². The van der Waals surface area contributed by atoms with Gasteiger partial charge in [-0.2, -0.15) is 5.10 Å². The van der Waals surface area contributed by atoms with E-state index >= 15 is 0 Å². The molecule has 0 atom stereocenters. The third-order valence-corrected chi connectivity index (χ3v) is 8.59. The van der Waals surface area contributed by atoms with Crippen molar-refractivity contribution in [3.05, 3.63) is 78.1 Å². The molecule has 4 saturated carbocycles. The normalized spacial score (nSPS) is 26.1. The Labute approximate surface area is 212 Å². The lowest BCUT2D eigenvalue weighted by molar-refractivity contribution is -0.147. The first-order valence-electron chi connectivity index (χ1n) is 13.3. The average Bonchev–Trinajstić information content (AvgIpc) is 3.39. The molecule has 4 fully saturated rings. The zero-order valence-electron chi connectivity index (χ0n) is 20.7. The van der Waals surface area contributed by atoms with Crippen LogP contribution in [0.3, 0.4) is 0 Å². The van der Waals surface area contributed by atoms with Crippen LogP contribution >= 0.6 is 0 Å². The highest BCUT2D eigenvalue weighted by Crippen LogP contribution is 2.60. The summed E-state index contributed by atoms with van der Waals surface area (Å²) in [5.41, 5.74) is 4.23. The van der Waals surface area contributed by atoms with Gasteiger partial charge >= 0.3 is 0 Å². The molecule has 1 aromatic heterocycles. The Balaban J connectivity index is 1.04. The van der Waals surface area contributed by atoms with Crippen molar-refractivity contribution in [1.82, 2.24) is 20.4 Å². The van der Waals surface area contributed by atoms with Crippen LogP contribution < -0.4 is 10.6 Å². The molecule has 1 heterocycles. The van der Waals surface area contributed by atoms with Crippen molar-refractivity contribution >= 4 is 11.8 Å². The smallest absolute Gasteiger partial charge is 0.239 e. The van der Waals surface area contributed by atoms with Crippen molar-refractivity contribution in [3.63, 3.8) is 0 Å². The van der Waals surface area contributed by atoms with Gasteiger partial charge in [-0.15, -0.1) is 0 Å². The van der Waals surface area contributed by atoms with Gasteiger partial charge in [-0.05, 0) is 84.6 Å². The van der Waals surface area contributed by atoms with Gasteiger partial charge in [-0.3, -0.25) is 14.3 Å². The molecule has 4 aliphatic carbocycles. The Bertz CT molecular complexity index is 1200. The summed E-state index contributed by atoms with van der Waals surface area (Å²) in [6, 6.07) is 18.5. The van der Waals surface area contributed by atoms with E-state index in [-0.39, 0.29) is 23.8 Å². The van der Waals surface area contributed by atoms with Crippen LogP contribution in [0.5, 0.6) is 0 Å². The molecule has 0 spiro atoms. The Kier molecular flexibility index (Phi) is 6.12. The highest BCUT2D eigenvalue weighted by molar-refractivity contribution is 5.88. The predicted octanol–water partition coefficient (Wildman–Crippen LogP) is 4.55. The highest BCUT2D eigenvalue weighted by Gasteiger charge is 2.54. The van der Waals surface area contributed by atoms with E-state index < -0.39 is 0 Å². The number of benzene rings is 2. The number of hydrogen-bond donors (Lipinski definition) is 2. The minimum Gasteiger partial charge on any atom is -0.350 e. The van der Waals surface area contributed by atoms with Crippen molar-refractivity contribution in [3.8, 4) is 11.1 Å². The SMILES string of the molecule is O=C(CNC(=O)C12CC3CC(CC(C3)C1)C2)NCc1ccccc1-c1ccc(Cn2cccn2)cc1. The van der Waals surface area contributed by atoms with Crippen molar-refractivity contribution in [1.29, 1.82) is 0 Å². The molecule has 0 saturated heterocycles. The molecule has 2 amide bonds. The van der Waals surface area contributed by atoms with Gasteiger partial charge in [0.1, 0.15) is 0 Å². The number of nitrogens with zero attached hydrogens (tertiary/aromatic N) is 2. The Hall–Kier alpha value is -3.41. The van der Waals surface area contributed by atoms with Crippen LogP contribution in [-0.2, 0) is 22.7 Å². The van der Waals surface area contributed by atoms with Crippen molar-refractivity contribution in [2.75, 3.05) is 6.54 Å². The van der Waals surface area contributed by atoms with Crippen LogP contribution in [0.2, 0.25) is 0 Å². The largest absolute Gasteiger partial charge is 0.350 e. The monoisotopic (exact) mass is 482 g/mol. The molecule has 3 aromatic rings. The number of hydrogen-bond acceptors (Lipinski definition) is 3. The lowest BCUT2D eigenvalue weighted by Crippen LogP contribution is -2.54. The predicted molar refractivity (Wildman–Crippen MR) is 139 cm³/mol. The average molecular weight is 483 g/mol. The fourth-order valence-electron chi connectivity index (χ4n) is 7.32. The van der Waals surface area contributed by atoms with E-state index in [1.54, 1.807) is 6.20 Å². The summed E-state index contributed by atoms with van der Waals surface area (Å²) in [6.45, 7) is 1.21. The molecule has 2 aromatic carbocycles. The molecule has 6 heteroatoms. The maximum Gasteiger partial charge on any atom is 0.239 e. The van der Waals surface area contributed by atoms with E-state index in [4.69, 9.17) is 0 Å². The molecule has 186 valence electrons. The second kappa shape index (κ2) is 9.57. The second-order valence-corrected chi connectivity index (χ2v) is 11.2. The van der Waals surface area contributed by atoms with Crippen LogP contribution in [0.25, 0.3) is 11.1 Å². The zero-order valence-corrected chi connectivity index (χ0v) is 20.7. The van der Waals surface area contributed by atoms with Gasteiger partial charge in [0.25, 0.3) is 0 Å². The minimum absolute atomic E-state index is 0.0465. The highest BCUT2D eigenvalue weighted by atomic mass is 16.2. The standard InChI is InChI=1S/C30H34N4O2/c35-28(19-32-29(36)30-15-22-12-23(16-30)14-24(13-22)17-30)31-18-26-4-1-2-5-27(26)25-8-6-21(7-9-25)20-34-11-3-10-33-34/h1-11,22-24H,12-20H2,(H,31,35)(H,32,36). The van der Waals surface area contributed by atoms with E-state index in [1.165, 1.54) is 24.8 Å². The summed E-state index contributed by atoms with van der Waals surface area (Å²) in [6.07, 6.45) is 10.7. The first kappa shape index (κ1) is 23.0. The maximum atomic E-state index is 13.1. The minimum atomic E-state index is -0.217. The molecule has 0 aliphatic heterocycles. The van der Waals surface area contributed by atoms with Crippen LogP contribution in [0.15, 0.2) is 67.0 Å². The van der Waals surface area contributed by atoms with E-state index in [0.717, 1.165) is 42.5 Å². The summed E-state index contributed by atoms with van der Waals surface area (Å²) in [4.78, 5) is 25.8. The molecule has 0 unspecified atom stereocenters. The van der Waals surface area contributed by atoms with Crippen LogP contribution in [0.4, 0.5) is 0 Å². The van der Waals surface area contributed by atoms with Gasteiger partial charge in [0.05, 0.1) is 13.1 Å². The van der Waals surface area contributed by atoms with Crippen molar-refractivity contribution in [2.24, 2.45) is 23.2 Å². The van der Waals surface area contributed by atoms with Crippen LogP contribution in [-0.4, -0.2) is 28.1 Å². The summed E-state index contributed by atoms with van der Waals surface area (Å²) in [5.74, 6) is 2.11. The number of carbonyl (C=O) groups is 2. The molecule has 6 nitrogen and oxygen atoms in total. The third-order valence-electron chi connectivity index (χ3n) is 8.59. The summed E-state index contributed by atoms with van der Waals surface area (Å²) >= 11 is 0. The number of carbonyl (C=O) groups excluding carboxylic acids is 2. The number of rotatable bonds is 8. The van der Waals surface area contributed by atoms with Gasteiger partial charge in [-0.1, -0.05) is 48.5 Å². The van der Waals surface area contributed by atoms with E-state index in [2.05, 4.69) is 46.1 Å².